The Morgan fingerprint density at radius 2 is 1.86 bits per heavy atom. The Morgan fingerprint density at radius 1 is 1.14 bits per heavy atom. The molecule has 1 aromatic rings. The van der Waals surface area contributed by atoms with Crippen LogP contribution in [0.4, 0.5) is 11.4 Å². The van der Waals surface area contributed by atoms with Gasteiger partial charge in [0.1, 0.15) is 4.90 Å². The molecule has 6 nitrogen and oxygen atoms in total. The van der Waals surface area contributed by atoms with Crippen molar-refractivity contribution in [3.63, 3.8) is 0 Å². The molecule has 1 aromatic carbocycles. The maximum atomic E-state index is 12.3. The van der Waals surface area contributed by atoms with Gasteiger partial charge in [-0.05, 0) is 32.1 Å². The van der Waals surface area contributed by atoms with Gasteiger partial charge in [-0.1, -0.05) is 6.07 Å². The molecule has 2 N–H and O–H groups in total. The molecule has 21 heavy (non-hydrogen) atoms. The molecule has 7 heteroatoms. The number of anilines is 2. The Bertz CT molecular complexity index is 601. The van der Waals surface area contributed by atoms with Crippen LogP contribution >= 0.6 is 0 Å². The Hall–Kier alpha value is -1.31. The summed E-state index contributed by atoms with van der Waals surface area (Å²) in [7, 11) is 1.61. The zero-order chi connectivity index (χ0) is 15.6. The third-order valence-corrected chi connectivity index (χ3v) is 5.74. The van der Waals surface area contributed by atoms with Gasteiger partial charge in [0.05, 0.1) is 11.4 Å². The van der Waals surface area contributed by atoms with E-state index in [9.17, 15) is 8.42 Å². The van der Waals surface area contributed by atoms with Crippen LogP contribution in [0.1, 0.15) is 6.42 Å². The quantitative estimate of drug-likeness (QED) is 0.830. The van der Waals surface area contributed by atoms with Gasteiger partial charge in [0.2, 0.25) is 10.0 Å². The lowest BCUT2D eigenvalue weighted by atomic mass is 10.2. The van der Waals surface area contributed by atoms with Crippen molar-refractivity contribution in [1.29, 1.82) is 0 Å². The van der Waals surface area contributed by atoms with Crippen molar-refractivity contribution in [1.82, 2.24) is 9.21 Å². The average Bonchev–Trinajstić information content (AvgIpc) is 2.63. The topological polar surface area (TPSA) is 69.9 Å². The summed E-state index contributed by atoms with van der Waals surface area (Å²) in [5.74, 6) is 0. The van der Waals surface area contributed by atoms with E-state index in [0.29, 0.717) is 5.69 Å². The fourth-order valence-corrected chi connectivity index (χ4v) is 3.54. The second-order valence-corrected chi connectivity index (χ2v) is 7.74. The number of sulfonamides is 1. The summed E-state index contributed by atoms with van der Waals surface area (Å²) in [6, 6.07) is 5.23. The Balaban J connectivity index is 2.38. The number of para-hydroxylation sites is 1. The van der Waals surface area contributed by atoms with Gasteiger partial charge in [-0.2, -0.15) is 0 Å². The average molecular weight is 312 g/mol. The second-order valence-electron chi connectivity index (χ2n) is 5.62. The van der Waals surface area contributed by atoms with E-state index < -0.39 is 10.0 Å². The molecule has 1 aliphatic heterocycles. The molecule has 1 heterocycles. The fraction of sp³-hybridized carbons (Fsp3) is 0.571. The normalized spacial score (nSPS) is 18.0. The number of benzene rings is 1. The standard InChI is InChI=1S/C14H24N4O2S/c1-16(2)21(19,20)13-7-4-6-12(14(13)15)18-9-5-8-17(3)10-11-18/h4,6-7H,5,8-11,15H2,1-3H3. The van der Waals surface area contributed by atoms with Crippen LogP contribution in [0.5, 0.6) is 0 Å². The van der Waals surface area contributed by atoms with Crippen molar-refractivity contribution in [2.45, 2.75) is 11.3 Å². The van der Waals surface area contributed by atoms with Crippen LogP contribution in [0.2, 0.25) is 0 Å². The first-order valence-corrected chi connectivity index (χ1v) is 8.52. The maximum absolute atomic E-state index is 12.3. The molecule has 0 bridgehead atoms. The summed E-state index contributed by atoms with van der Waals surface area (Å²) in [6.07, 6.45) is 1.04. The van der Waals surface area contributed by atoms with Gasteiger partial charge in [0, 0.05) is 33.7 Å². The number of nitrogens with two attached hydrogens (primary N) is 1. The Kier molecular flexibility index (Phi) is 4.75. The van der Waals surface area contributed by atoms with Crippen LogP contribution in [0.15, 0.2) is 23.1 Å². The van der Waals surface area contributed by atoms with Crippen LogP contribution in [0.3, 0.4) is 0 Å². The van der Waals surface area contributed by atoms with Crippen molar-refractivity contribution >= 4 is 21.4 Å². The first kappa shape index (κ1) is 16.1. The highest BCUT2D eigenvalue weighted by Crippen LogP contribution is 2.31. The van der Waals surface area contributed by atoms with Crippen LogP contribution in [0.25, 0.3) is 0 Å². The molecular formula is C14H24N4O2S. The predicted molar refractivity (Wildman–Crippen MR) is 86.1 cm³/mol. The molecule has 0 spiro atoms. The minimum Gasteiger partial charge on any atom is -0.396 e. The van der Waals surface area contributed by atoms with Crippen molar-refractivity contribution in [3.05, 3.63) is 18.2 Å². The second kappa shape index (κ2) is 6.21. The molecule has 0 radical (unpaired) electrons. The predicted octanol–water partition coefficient (Wildman–Crippen LogP) is 0.661. The van der Waals surface area contributed by atoms with Gasteiger partial charge in [-0.25, -0.2) is 12.7 Å². The van der Waals surface area contributed by atoms with Crippen molar-refractivity contribution in [2.24, 2.45) is 0 Å². The van der Waals surface area contributed by atoms with E-state index in [1.54, 1.807) is 12.1 Å². The summed E-state index contributed by atoms with van der Waals surface area (Å²) < 4.78 is 25.8. The van der Waals surface area contributed by atoms with E-state index in [0.717, 1.165) is 38.3 Å². The lowest BCUT2D eigenvalue weighted by Crippen LogP contribution is -2.30. The summed E-state index contributed by atoms with van der Waals surface area (Å²) in [5.41, 5.74) is 7.32. The van der Waals surface area contributed by atoms with Crippen LogP contribution in [0, 0.1) is 0 Å². The van der Waals surface area contributed by atoms with E-state index >= 15 is 0 Å². The molecule has 2 rings (SSSR count). The first-order chi connectivity index (χ1) is 9.84. The number of hydrogen-bond donors (Lipinski definition) is 1. The van der Waals surface area contributed by atoms with Gasteiger partial charge in [-0.3, -0.25) is 0 Å². The summed E-state index contributed by atoms with van der Waals surface area (Å²) in [4.78, 5) is 4.63. The van der Waals surface area contributed by atoms with Gasteiger partial charge >= 0.3 is 0 Å². The van der Waals surface area contributed by atoms with Gasteiger partial charge in [0.15, 0.2) is 0 Å². The molecule has 0 aliphatic carbocycles. The molecule has 0 aromatic heterocycles. The highest BCUT2D eigenvalue weighted by molar-refractivity contribution is 7.89. The molecule has 0 saturated carbocycles. The minimum absolute atomic E-state index is 0.183. The monoisotopic (exact) mass is 312 g/mol. The van der Waals surface area contributed by atoms with Crippen LogP contribution in [-0.4, -0.2) is 64.9 Å². The number of likely N-dealkylation sites (N-methyl/N-ethyl adjacent to an activating group) is 1. The van der Waals surface area contributed by atoms with Gasteiger partial charge in [0.25, 0.3) is 0 Å². The van der Waals surface area contributed by atoms with E-state index in [1.807, 2.05) is 6.07 Å². The molecule has 1 saturated heterocycles. The molecule has 0 unspecified atom stereocenters. The number of nitrogen functional groups attached to an aromatic ring is 1. The third-order valence-electron chi connectivity index (χ3n) is 3.86. The van der Waals surface area contributed by atoms with E-state index in [-0.39, 0.29) is 4.90 Å². The Morgan fingerprint density at radius 3 is 2.52 bits per heavy atom. The summed E-state index contributed by atoms with van der Waals surface area (Å²) in [5, 5.41) is 0. The smallest absolute Gasteiger partial charge is 0.244 e. The zero-order valence-corrected chi connectivity index (χ0v) is 13.7. The number of rotatable bonds is 3. The van der Waals surface area contributed by atoms with E-state index in [4.69, 9.17) is 5.73 Å². The van der Waals surface area contributed by atoms with Crippen LogP contribution < -0.4 is 10.6 Å². The largest absolute Gasteiger partial charge is 0.396 e. The fourth-order valence-electron chi connectivity index (χ4n) is 2.52. The SMILES string of the molecule is CN1CCCN(c2cccc(S(=O)(=O)N(C)C)c2N)CC1. The third kappa shape index (κ3) is 3.30. The Labute approximate surface area is 127 Å². The summed E-state index contributed by atoms with van der Waals surface area (Å²) >= 11 is 0. The lowest BCUT2D eigenvalue weighted by molar-refractivity contribution is 0.360. The molecule has 1 fully saturated rings. The molecule has 1 aliphatic rings. The first-order valence-electron chi connectivity index (χ1n) is 7.08. The number of nitrogens with zero attached hydrogens (tertiary/aromatic N) is 3. The lowest BCUT2D eigenvalue weighted by Gasteiger charge is -2.26. The molecule has 0 atom stereocenters. The molecule has 118 valence electrons. The van der Waals surface area contributed by atoms with Gasteiger partial charge in [-0.15, -0.1) is 0 Å². The highest BCUT2D eigenvalue weighted by Gasteiger charge is 2.24. The van der Waals surface area contributed by atoms with Crippen molar-refractivity contribution in [2.75, 3.05) is 58.0 Å². The highest BCUT2D eigenvalue weighted by atomic mass is 32.2. The van der Waals surface area contributed by atoms with E-state index in [2.05, 4.69) is 16.8 Å². The summed E-state index contributed by atoms with van der Waals surface area (Å²) in [6.45, 7) is 3.74. The van der Waals surface area contributed by atoms with Crippen molar-refractivity contribution in [3.8, 4) is 0 Å². The van der Waals surface area contributed by atoms with Crippen molar-refractivity contribution < 1.29 is 8.42 Å². The molecule has 0 amide bonds. The zero-order valence-electron chi connectivity index (χ0n) is 12.9. The number of hydrogen-bond acceptors (Lipinski definition) is 5. The molecular weight excluding hydrogens is 288 g/mol. The minimum atomic E-state index is -3.52. The van der Waals surface area contributed by atoms with Crippen LogP contribution in [-0.2, 0) is 10.0 Å². The van der Waals surface area contributed by atoms with E-state index in [1.165, 1.54) is 18.4 Å². The maximum Gasteiger partial charge on any atom is 0.244 e. The van der Waals surface area contributed by atoms with Gasteiger partial charge < -0.3 is 15.5 Å².